The molecular weight excluding hydrogens is 549 g/mol. The third-order valence-electron chi connectivity index (χ3n) is 5.31. The van der Waals surface area contributed by atoms with E-state index >= 15 is 0 Å². The maximum Gasteiger partial charge on any atom is 0.407 e. The van der Waals surface area contributed by atoms with E-state index in [0.717, 1.165) is 11.1 Å². The summed E-state index contributed by atoms with van der Waals surface area (Å²) in [5, 5.41) is 7.67. The molecule has 0 saturated carbocycles. The lowest BCUT2D eigenvalue weighted by molar-refractivity contribution is -0.146. The molecule has 2 amide bonds. The number of hydrogen-bond acceptors (Lipinski definition) is 8. The summed E-state index contributed by atoms with van der Waals surface area (Å²) < 4.78 is 35.1. The molecule has 41 heavy (non-hydrogen) atoms. The molecule has 0 radical (unpaired) electrons. The number of nitrogens with one attached hydrogen (secondary N) is 3. The predicted octanol–water partition coefficient (Wildman–Crippen LogP) is 4.32. The lowest BCUT2D eigenvalue weighted by Crippen LogP contribution is -2.38. The van der Waals surface area contributed by atoms with Crippen LogP contribution in [-0.4, -0.2) is 56.7 Å². The highest BCUT2D eigenvalue weighted by molar-refractivity contribution is 7.57. The van der Waals surface area contributed by atoms with E-state index in [1.807, 2.05) is 49.4 Å². The second kappa shape index (κ2) is 18.4. The molecule has 1 unspecified atom stereocenters. The van der Waals surface area contributed by atoms with Gasteiger partial charge in [0.2, 0.25) is 5.91 Å². The highest BCUT2D eigenvalue weighted by atomic mass is 31.2. The second-order valence-corrected chi connectivity index (χ2v) is 11.2. The molecule has 222 valence electrons. The molecule has 0 aliphatic heterocycles. The summed E-state index contributed by atoms with van der Waals surface area (Å²) in [5.41, 5.74) is 1.69. The molecule has 12 heteroatoms. The van der Waals surface area contributed by atoms with E-state index in [2.05, 4.69) is 22.3 Å². The van der Waals surface area contributed by atoms with Crippen LogP contribution in [0.3, 0.4) is 0 Å². The lowest BCUT2D eigenvalue weighted by atomic mass is 10.2. The van der Waals surface area contributed by atoms with Gasteiger partial charge in [0.05, 0.1) is 12.8 Å². The van der Waals surface area contributed by atoms with Gasteiger partial charge in [-0.3, -0.25) is 14.2 Å². The lowest BCUT2D eigenvalue weighted by Gasteiger charge is -2.23. The van der Waals surface area contributed by atoms with Crippen molar-refractivity contribution < 1.29 is 37.7 Å². The fourth-order valence-electron chi connectivity index (χ4n) is 3.27. The van der Waals surface area contributed by atoms with Crippen LogP contribution in [-0.2, 0) is 35.0 Å². The van der Waals surface area contributed by atoms with Crippen molar-refractivity contribution in [2.24, 2.45) is 0 Å². The van der Waals surface area contributed by atoms with Gasteiger partial charge in [-0.2, -0.15) is 0 Å². The topological polar surface area (TPSA) is 141 Å². The summed E-state index contributed by atoms with van der Waals surface area (Å²) >= 11 is 0. The number of esters is 1. The van der Waals surface area contributed by atoms with Gasteiger partial charge in [-0.1, -0.05) is 72.8 Å². The van der Waals surface area contributed by atoms with Gasteiger partial charge >= 0.3 is 19.6 Å². The average Bonchev–Trinajstić information content (AvgIpc) is 2.96. The molecule has 0 fully saturated rings. The Kier molecular flexibility index (Phi) is 15.0. The number of alkyl carbamates (subject to hydrolysis) is 1. The van der Waals surface area contributed by atoms with Gasteiger partial charge in [-0.25, -0.2) is 9.88 Å². The Hall–Kier alpha value is -3.92. The molecule has 2 rings (SSSR count). The van der Waals surface area contributed by atoms with Gasteiger partial charge in [-0.15, -0.1) is 0 Å². The smallest absolute Gasteiger partial charge is 0.407 e. The first-order valence-corrected chi connectivity index (χ1v) is 14.9. The SMILES string of the molecule is C=CCOC(=O)NCC(=O)NCOC/C(C)=C/CCP(=O)(N[C@@H](C)C(=O)OCc1ccccc1)Oc1ccccc1. The number of para-hydroxylation sites is 1. The van der Waals surface area contributed by atoms with Crippen LogP contribution in [0.2, 0.25) is 0 Å². The number of allylic oxidation sites excluding steroid dienone is 1. The van der Waals surface area contributed by atoms with E-state index in [1.165, 1.54) is 6.08 Å². The second-order valence-electron chi connectivity index (χ2n) is 8.92. The molecule has 0 aliphatic carbocycles. The minimum absolute atomic E-state index is 0.0480. The van der Waals surface area contributed by atoms with Crippen molar-refractivity contribution in [3.05, 3.63) is 90.5 Å². The van der Waals surface area contributed by atoms with Gasteiger partial charge in [0.15, 0.2) is 0 Å². The van der Waals surface area contributed by atoms with Crippen LogP contribution in [0.4, 0.5) is 4.79 Å². The Labute approximate surface area is 240 Å². The van der Waals surface area contributed by atoms with Crippen molar-refractivity contribution in [2.75, 3.05) is 32.7 Å². The van der Waals surface area contributed by atoms with E-state index in [4.69, 9.17) is 18.7 Å². The number of carbonyl (C=O) groups excluding carboxylic acids is 3. The third kappa shape index (κ3) is 14.3. The van der Waals surface area contributed by atoms with Crippen molar-refractivity contribution >= 4 is 25.5 Å². The molecule has 0 spiro atoms. The minimum atomic E-state index is -3.51. The number of hydrogen-bond donors (Lipinski definition) is 3. The van der Waals surface area contributed by atoms with Crippen molar-refractivity contribution in [3.63, 3.8) is 0 Å². The van der Waals surface area contributed by atoms with Gasteiger partial charge < -0.3 is 29.4 Å². The van der Waals surface area contributed by atoms with Gasteiger partial charge in [-0.05, 0) is 38.0 Å². The molecule has 11 nitrogen and oxygen atoms in total. The van der Waals surface area contributed by atoms with Gasteiger partial charge in [0.25, 0.3) is 0 Å². The molecule has 2 atom stereocenters. The molecule has 3 N–H and O–H groups in total. The summed E-state index contributed by atoms with van der Waals surface area (Å²) in [6.07, 6.45) is 3.03. The Bertz CT molecular complexity index is 1190. The first kappa shape index (κ1) is 33.3. The highest BCUT2D eigenvalue weighted by Crippen LogP contribution is 2.44. The van der Waals surface area contributed by atoms with Crippen molar-refractivity contribution in [1.82, 2.24) is 15.7 Å². The summed E-state index contributed by atoms with van der Waals surface area (Å²) in [7, 11) is -3.51. The monoisotopic (exact) mass is 587 g/mol. The van der Waals surface area contributed by atoms with Crippen LogP contribution in [0.1, 0.15) is 25.8 Å². The molecule has 0 saturated heterocycles. The number of ether oxygens (including phenoxy) is 3. The zero-order valence-corrected chi connectivity index (χ0v) is 24.3. The van der Waals surface area contributed by atoms with Crippen LogP contribution >= 0.6 is 7.52 Å². The van der Waals surface area contributed by atoms with E-state index in [1.54, 1.807) is 31.2 Å². The van der Waals surface area contributed by atoms with E-state index < -0.39 is 31.5 Å². The van der Waals surface area contributed by atoms with Crippen LogP contribution in [0, 0.1) is 0 Å². The van der Waals surface area contributed by atoms with Crippen LogP contribution in [0.25, 0.3) is 0 Å². The highest BCUT2D eigenvalue weighted by Gasteiger charge is 2.30. The van der Waals surface area contributed by atoms with Crippen LogP contribution in [0.5, 0.6) is 5.75 Å². The van der Waals surface area contributed by atoms with Crippen LogP contribution < -0.4 is 20.2 Å². The fourth-order valence-corrected chi connectivity index (χ4v) is 5.17. The molecule has 2 aromatic rings. The Morgan fingerprint density at radius 2 is 1.68 bits per heavy atom. The normalized spacial score (nSPS) is 13.3. The van der Waals surface area contributed by atoms with Gasteiger partial charge in [0, 0.05) is 0 Å². The zero-order chi connectivity index (χ0) is 29.9. The average molecular weight is 588 g/mol. The number of benzene rings is 2. The molecule has 0 bridgehead atoms. The van der Waals surface area contributed by atoms with Crippen LogP contribution in [0.15, 0.2) is 85.0 Å². The standard InChI is InChI=1S/C29H38N3O8P/c1-4-17-38-29(35)30-19-27(33)31-22-37-20-23(2)12-11-18-41(36,40-26-15-9-6-10-16-26)32-24(3)28(34)39-21-25-13-7-5-8-14-25/h4-10,12-16,24H,1,11,17-22H2,2-3H3,(H,30,35)(H,31,33)(H,32,36)/b23-12+/t24-,41?/m0/s1. The molecule has 0 heterocycles. The van der Waals surface area contributed by atoms with E-state index in [-0.39, 0.29) is 39.3 Å². The number of amides is 2. The maximum atomic E-state index is 13.8. The first-order chi connectivity index (χ1) is 19.7. The minimum Gasteiger partial charge on any atom is -0.460 e. The number of rotatable bonds is 18. The third-order valence-corrected chi connectivity index (χ3v) is 7.44. The summed E-state index contributed by atoms with van der Waals surface area (Å²) in [4.78, 5) is 35.7. The summed E-state index contributed by atoms with van der Waals surface area (Å²) in [5.74, 6) is -0.572. The summed E-state index contributed by atoms with van der Waals surface area (Å²) in [6, 6.07) is 17.1. The molecular formula is C29H38N3O8P. The van der Waals surface area contributed by atoms with Crippen molar-refractivity contribution in [2.45, 2.75) is 32.9 Å². The molecule has 0 aromatic heterocycles. The zero-order valence-electron chi connectivity index (χ0n) is 23.4. The Morgan fingerprint density at radius 1 is 1.00 bits per heavy atom. The first-order valence-electron chi connectivity index (χ1n) is 13.0. The van der Waals surface area contributed by atoms with Crippen molar-refractivity contribution in [1.29, 1.82) is 0 Å². The van der Waals surface area contributed by atoms with E-state index in [9.17, 15) is 18.9 Å². The Balaban J connectivity index is 1.83. The predicted molar refractivity (Wildman–Crippen MR) is 155 cm³/mol. The molecule has 0 aliphatic rings. The quantitative estimate of drug-likeness (QED) is 0.0764. The van der Waals surface area contributed by atoms with Gasteiger partial charge in [0.1, 0.15) is 38.3 Å². The van der Waals surface area contributed by atoms with E-state index in [0.29, 0.717) is 12.2 Å². The van der Waals surface area contributed by atoms with Crippen molar-refractivity contribution in [3.8, 4) is 5.75 Å². The summed E-state index contributed by atoms with van der Waals surface area (Å²) in [6.45, 7) is 6.90. The maximum absolute atomic E-state index is 13.8. The fraction of sp³-hybridized carbons (Fsp3) is 0.345. The molecule has 2 aromatic carbocycles. The Morgan fingerprint density at radius 3 is 2.37 bits per heavy atom. The number of carbonyl (C=O) groups is 3. The largest absolute Gasteiger partial charge is 0.460 e.